The van der Waals surface area contributed by atoms with Crippen LogP contribution in [0.15, 0.2) is 54.9 Å². The Morgan fingerprint density at radius 2 is 1.84 bits per heavy atom. The maximum Gasteiger partial charge on any atom is 0.0961 e. The van der Waals surface area contributed by atoms with Gasteiger partial charge in [0, 0.05) is 6.54 Å². The third kappa shape index (κ3) is 2.39. The quantitative estimate of drug-likeness (QED) is 0.681. The summed E-state index contributed by atoms with van der Waals surface area (Å²) in [6.45, 7) is 5.29. The monoisotopic (exact) mass is 250 g/mol. The van der Waals surface area contributed by atoms with E-state index in [1.807, 2.05) is 12.4 Å². The third-order valence-corrected chi connectivity index (χ3v) is 3.51. The lowest BCUT2D eigenvalue weighted by Crippen LogP contribution is -1.97. The minimum absolute atomic E-state index is 0.545. The van der Waals surface area contributed by atoms with Gasteiger partial charge in [0.05, 0.1) is 17.4 Å². The van der Waals surface area contributed by atoms with Gasteiger partial charge in [0.1, 0.15) is 0 Å². The van der Waals surface area contributed by atoms with Crippen molar-refractivity contribution in [1.82, 2.24) is 9.55 Å². The number of hydrogen-bond acceptors (Lipinski definition) is 1. The lowest BCUT2D eigenvalue weighted by atomic mass is 10.0. The van der Waals surface area contributed by atoms with Crippen LogP contribution in [-0.2, 0) is 6.54 Å². The van der Waals surface area contributed by atoms with Crippen LogP contribution < -0.4 is 0 Å². The fraction of sp³-hybridized carbons (Fsp3) is 0.235. The SMILES string of the molecule is CC(C)c1ccc2c(c1)ncn2Cc1ccccc1. The number of rotatable bonds is 3. The number of imidazole rings is 1. The van der Waals surface area contributed by atoms with Crippen molar-refractivity contribution >= 4 is 11.0 Å². The molecule has 1 heterocycles. The predicted octanol–water partition coefficient (Wildman–Crippen LogP) is 4.21. The molecule has 3 rings (SSSR count). The Hall–Kier alpha value is -2.09. The second-order valence-electron chi connectivity index (χ2n) is 5.26. The Morgan fingerprint density at radius 1 is 1.05 bits per heavy atom. The fourth-order valence-electron chi connectivity index (χ4n) is 2.35. The van der Waals surface area contributed by atoms with E-state index in [0.29, 0.717) is 5.92 Å². The highest BCUT2D eigenvalue weighted by atomic mass is 15.0. The first-order chi connectivity index (χ1) is 9.24. The Kier molecular flexibility index (Phi) is 3.08. The topological polar surface area (TPSA) is 17.8 Å². The van der Waals surface area contributed by atoms with Crippen LogP contribution in [0.2, 0.25) is 0 Å². The van der Waals surface area contributed by atoms with E-state index in [9.17, 15) is 0 Å². The molecular formula is C17H18N2. The molecule has 0 saturated carbocycles. The molecule has 1 aromatic heterocycles. The molecule has 0 radical (unpaired) electrons. The second kappa shape index (κ2) is 4.88. The molecule has 0 aliphatic rings. The van der Waals surface area contributed by atoms with Gasteiger partial charge in [0.15, 0.2) is 0 Å². The molecule has 0 bridgehead atoms. The lowest BCUT2D eigenvalue weighted by Gasteiger charge is -2.07. The molecule has 0 N–H and O–H groups in total. The van der Waals surface area contributed by atoms with Crippen LogP contribution in [0.4, 0.5) is 0 Å². The van der Waals surface area contributed by atoms with E-state index in [0.717, 1.165) is 12.1 Å². The Balaban J connectivity index is 1.97. The summed E-state index contributed by atoms with van der Waals surface area (Å²) in [5, 5.41) is 0. The van der Waals surface area contributed by atoms with Gasteiger partial charge in [-0.2, -0.15) is 0 Å². The van der Waals surface area contributed by atoms with Crippen LogP contribution in [0.25, 0.3) is 11.0 Å². The molecule has 0 aliphatic heterocycles. The summed E-state index contributed by atoms with van der Waals surface area (Å²) in [6.07, 6.45) is 1.93. The minimum Gasteiger partial charge on any atom is -0.326 e. The van der Waals surface area contributed by atoms with Crippen LogP contribution >= 0.6 is 0 Å². The van der Waals surface area contributed by atoms with Gasteiger partial charge in [-0.1, -0.05) is 50.2 Å². The lowest BCUT2D eigenvalue weighted by molar-refractivity contribution is 0.824. The zero-order valence-electron chi connectivity index (χ0n) is 11.4. The molecule has 2 heteroatoms. The van der Waals surface area contributed by atoms with Crippen molar-refractivity contribution in [3.63, 3.8) is 0 Å². The van der Waals surface area contributed by atoms with E-state index in [2.05, 4.69) is 65.9 Å². The van der Waals surface area contributed by atoms with Gasteiger partial charge >= 0.3 is 0 Å². The van der Waals surface area contributed by atoms with E-state index < -0.39 is 0 Å². The van der Waals surface area contributed by atoms with Gasteiger partial charge in [-0.3, -0.25) is 0 Å². The maximum atomic E-state index is 4.52. The van der Waals surface area contributed by atoms with Crippen molar-refractivity contribution in [2.45, 2.75) is 26.3 Å². The summed E-state index contributed by atoms with van der Waals surface area (Å²) in [6, 6.07) is 17.1. The molecule has 0 saturated heterocycles. The summed E-state index contributed by atoms with van der Waals surface area (Å²) < 4.78 is 2.20. The van der Waals surface area contributed by atoms with Gasteiger partial charge < -0.3 is 4.57 Å². The molecule has 0 fully saturated rings. The molecule has 3 aromatic rings. The summed E-state index contributed by atoms with van der Waals surface area (Å²) in [7, 11) is 0. The van der Waals surface area contributed by atoms with Crippen molar-refractivity contribution in [1.29, 1.82) is 0 Å². The van der Waals surface area contributed by atoms with Gasteiger partial charge in [0.2, 0.25) is 0 Å². The zero-order chi connectivity index (χ0) is 13.2. The summed E-state index contributed by atoms with van der Waals surface area (Å²) >= 11 is 0. The summed E-state index contributed by atoms with van der Waals surface area (Å²) in [5.74, 6) is 0.545. The summed E-state index contributed by atoms with van der Waals surface area (Å²) in [5.41, 5.74) is 4.93. The first kappa shape index (κ1) is 12.0. The highest BCUT2D eigenvalue weighted by molar-refractivity contribution is 5.76. The largest absolute Gasteiger partial charge is 0.326 e. The average molecular weight is 250 g/mol. The number of nitrogens with zero attached hydrogens (tertiary/aromatic N) is 2. The molecule has 2 aromatic carbocycles. The Morgan fingerprint density at radius 3 is 2.58 bits per heavy atom. The number of fused-ring (bicyclic) bond motifs is 1. The highest BCUT2D eigenvalue weighted by Crippen LogP contribution is 2.21. The molecular weight excluding hydrogens is 232 g/mol. The molecule has 2 nitrogen and oxygen atoms in total. The van der Waals surface area contributed by atoms with E-state index >= 15 is 0 Å². The molecule has 0 spiro atoms. The van der Waals surface area contributed by atoms with Gasteiger partial charge in [-0.15, -0.1) is 0 Å². The average Bonchev–Trinajstić information content (AvgIpc) is 2.82. The van der Waals surface area contributed by atoms with Crippen molar-refractivity contribution in [3.05, 3.63) is 66.0 Å². The maximum absolute atomic E-state index is 4.52. The second-order valence-corrected chi connectivity index (χ2v) is 5.26. The van der Waals surface area contributed by atoms with E-state index in [1.54, 1.807) is 0 Å². The zero-order valence-corrected chi connectivity index (χ0v) is 11.4. The van der Waals surface area contributed by atoms with E-state index in [4.69, 9.17) is 0 Å². The number of aromatic nitrogens is 2. The summed E-state index contributed by atoms with van der Waals surface area (Å²) in [4.78, 5) is 4.52. The van der Waals surface area contributed by atoms with Crippen molar-refractivity contribution in [2.75, 3.05) is 0 Å². The van der Waals surface area contributed by atoms with Crippen LogP contribution in [0, 0.1) is 0 Å². The molecule has 0 atom stereocenters. The fourth-order valence-corrected chi connectivity index (χ4v) is 2.35. The first-order valence-electron chi connectivity index (χ1n) is 6.73. The van der Waals surface area contributed by atoms with Crippen molar-refractivity contribution in [3.8, 4) is 0 Å². The van der Waals surface area contributed by atoms with Gasteiger partial charge in [-0.25, -0.2) is 4.98 Å². The molecule has 0 amide bonds. The van der Waals surface area contributed by atoms with Gasteiger partial charge in [-0.05, 0) is 29.2 Å². The van der Waals surface area contributed by atoms with E-state index in [1.165, 1.54) is 16.6 Å². The Labute approximate surface area is 113 Å². The van der Waals surface area contributed by atoms with Crippen molar-refractivity contribution in [2.24, 2.45) is 0 Å². The van der Waals surface area contributed by atoms with Crippen LogP contribution in [0.5, 0.6) is 0 Å². The van der Waals surface area contributed by atoms with Crippen LogP contribution in [0.1, 0.15) is 30.9 Å². The molecule has 0 unspecified atom stereocenters. The minimum atomic E-state index is 0.545. The highest BCUT2D eigenvalue weighted by Gasteiger charge is 2.06. The number of benzene rings is 2. The van der Waals surface area contributed by atoms with Crippen molar-refractivity contribution < 1.29 is 0 Å². The standard InChI is InChI=1S/C17H18N2/c1-13(2)15-8-9-17-16(10-15)18-12-19(17)11-14-6-4-3-5-7-14/h3-10,12-13H,11H2,1-2H3. The van der Waals surface area contributed by atoms with Crippen LogP contribution in [-0.4, -0.2) is 9.55 Å². The molecule has 19 heavy (non-hydrogen) atoms. The smallest absolute Gasteiger partial charge is 0.0961 e. The normalized spacial score (nSPS) is 11.3. The van der Waals surface area contributed by atoms with Crippen LogP contribution in [0.3, 0.4) is 0 Å². The van der Waals surface area contributed by atoms with Gasteiger partial charge in [0.25, 0.3) is 0 Å². The number of hydrogen-bond donors (Lipinski definition) is 0. The Bertz CT molecular complexity index is 681. The predicted molar refractivity (Wildman–Crippen MR) is 79.4 cm³/mol. The molecule has 0 aliphatic carbocycles. The first-order valence-corrected chi connectivity index (χ1v) is 6.73. The molecule has 96 valence electrons. The van der Waals surface area contributed by atoms with E-state index in [-0.39, 0.29) is 0 Å². The third-order valence-electron chi connectivity index (χ3n) is 3.51.